The fourth-order valence-electron chi connectivity index (χ4n) is 2.22. The smallest absolute Gasteiger partial charge is 0.0712 e. The molecule has 1 aliphatic rings. The van der Waals surface area contributed by atoms with Gasteiger partial charge in [0.05, 0.1) is 25.9 Å². The Morgan fingerprint density at radius 2 is 2.17 bits per heavy atom. The van der Waals surface area contributed by atoms with E-state index in [2.05, 4.69) is 17.1 Å². The molecule has 5 nitrogen and oxygen atoms in total. The molecule has 18 heavy (non-hydrogen) atoms. The van der Waals surface area contributed by atoms with E-state index in [1.165, 1.54) is 0 Å². The summed E-state index contributed by atoms with van der Waals surface area (Å²) >= 11 is 0. The van der Waals surface area contributed by atoms with Crippen molar-refractivity contribution < 1.29 is 14.2 Å². The second kappa shape index (κ2) is 9.69. The van der Waals surface area contributed by atoms with E-state index in [9.17, 15) is 0 Å². The number of ether oxygens (including phenoxy) is 3. The molecule has 1 aliphatic heterocycles. The third kappa shape index (κ3) is 6.11. The Morgan fingerprint density at radius 3 is 2.78 bits per heavy atom. The molecule has 0 aliphatic carbocycles. The Kier molecular flexibility index (Phi) is 8.54. The number of rotatable bonds is 9. The highest BCUT2D eigenvalue weighted by atomic mass is 16.5. The molecule has 0 aromatic carbocycles. The lowest BCUT2D eigenvalue weighted by atomic mass is 10.2. The van der Waals surface area contributed by atoms with Crippen LogP contribution in [0.25, 0.3) is 0 Å². The standard InChI is InChI=1S/C13H28N2O3/c1-12(11-17-3)15(7-9-16-2)6-4-13-10-14-5-8-18-13/h12-14H,4-11H2,1-3H3. The summed E-state index contributed by atoms with van der Waals surface area (Å²) in [6, 6.07) is 0.418. The number of morpholine rings is 1. The Labute approximate surface area is 111 Å². The lowest BCUT2D eigenvalue weighted by Gasteiger charge is -2.31. The van der Waals surface area contributed by atoms with Crippen LogP contribution in [0.2, 0.25) is 0 Å². The molecule has 0 amide bonds. The van der Waals surface area contributed by atoms with Crippen molar-refractivity contribution >= 4 is 0 Å². The first-order valence-electron chi connectivity index (χ1n) is 6.82. The largest absolute Gasteiger partial charge is 0.383 e. The Hall–Kier alpha value is -0.200. The van der Waals surface area contributed by atoms with Crippen molar-refractivity contribution in [3.05, 3.63) is 0 Å². The first kappa shape index (κ1) is 15.9. The number of nitrogens with zero attached hydrogens (tertiary/aromatic N) is 1. The maximum Gasteiger partial charge on any atom is 0.0712 e. The lowest BCUT2D eigenvalue weighted by molar-refractivity contribution is 0.00803. The second-order valence-electron chi connectivity index (χ2n) is 4.82. The van der Waals surface area contributed by atoms with Crippen LogP contribution in [-0.2, 0) is 14.2 Å². The summed E-state index contributed by atoms with van der Waals surface area (Å²) in [5.41, 5.74) is 0. The van der Waals surface area contributed by atoms with Gasteiger partial charge in [-0.25, -0.2) is 0 Å². The van der Waals surface area contributed by atoms with Gasteiger partial charge in [0.15, 0.2) is 0 Å². The average molecular weight is 260 g/mol. The molecule has 1 fully saturated rings. The highest BCUT2D eigenvalue weighted by Gasteiger charge is 2.18. The van der Waals surface area contributed by atoms with E-state index in [4.69, 9.17) is 14.2 Å². The van der Waals surface area contributed by atoms with Crippen LogP contribution in [0, 0.1) is 0 Å². The second-order valence-corrected chi connectivity index (χ2v) is 4.82. The van der Waals surface area contributed by atoms with Gasteiger partial charge < -0.3 is 19.5 Å². The maximum atomic E-state index is 5.72. The number of nitrogens with one attached hydrogen (secondary N) is 1. The molecule has 0 spiro atoms. The first-order valence-corrected chi connectivity index (χ1v) is 6.82. The minimum absolute atomic E-state index is 0.346. The molecule has 0 bridgehead atoms. The number of hydrogen-bond donors (Lipinski definition) is 1. The van der Waals surface area contributed by atoms with Gasteiger partial charge in [-0.3, -0.25) is 4.90 Å². The van der Waals surface area contributed by atoms with Gasteiger partial charge in [-0.1, -0.05) is 0 Å². The molecule has 1 heterocycles. The molecule has 2 atom stereocenters. The highest BCUT2D eigenvalue weighted by molar-refractivity contribution is 4.72. The summed E-state index contributed by atoms with van der Waals surface area (Å²) in [7, 11) is 3.49. The van der Waals surface area contributed by atoms with Crippen LogP contribution in [0.4, 0.5) is 0 Å². The van der Waals surface area contributed by atoms with Crippen molar-refractivity contribution in [2.75, 3.05) is 60.2 Å². The number of hydrogen-bond acceptors (Lipinski definition) is 5. The minimum Gasteiger partial charge on any atom is -0.383 e. The first-order chi connectivity index (χ1) is 8.77. The molecular weight excluding hydrogens is 232 g/mol. The molecule has 1 saturated heterocycles. The van der Waals surface area contributed by atoms with Gasteiger partial charge in [0.2, 0.25) is 0 Å². The van der Waals surface area contributed by atoms with E-state index in [0.717, 1.165) is 52.4 Å². The molecule has 0 aromatic heterocycles. The zero-order chi connectivity index (χ0) is 13.2. The van der Waals surface area contributed by atoms with E-state index >= 15 is 0 Å². The predicted molar refractivity (Wildman–Crippen MR) is 72.0 cm³/mol. The van der Waals surface area contributed by atoms with E-state index in [-0.39, 0.29) is 0 Å². The van der Waals surface area contributed by atoms with E-state index < -0.39 is 0 Å². The van der Waals surface area contributed by atoms with Gasteiger partial charge in [-0.2, -0.15) is 0 Å². The fraction of sp³-hybridized carbons (Fsp3) is 1.00. The summed E-state index contributed by atoms with van der Waals surface area (Å²) in [5, 5.41) is 3.36. The van der Waals surface area contributed by atoms with Crippen LogP contribution in [-0.4, -0.2) is 77.3 Å². The molecule has 0 aromatic rings. The van der Waals surface area contributed by atoms with Crippen LogP contribution >= 0.6 is 0 Å². The third-order valence-corrected chi connectivity index (χ3v) is 3.36. The Balaban J connectivity index is 2.29. The number of methoxy groups -OCH3 is 2. The van der Waals surface area contributed by atoms with Crippen molar-refractivity contribution in [3.63, 3.8) is 0 Å². The van der Waals surface area contributed by atoms with E-state index in [0.29, 0.717) is 12.1 Å². The zero-order valence-electron chi connectivity index (χ0n) is 12.0. The van der Waals surface area contributed by atoms with Crippen molar-refractivity contribution in [1.82, 2.24) is 10.2 Å². The topological polar surface area (TPSA) is 43.0 Å². The zero-order valence-corrected chi connectivity index (χ0v) is 12.0. The summed E-state index contributed by atoms with van der Waals surface area (Å²) < 4.78 is 16.1. The SMILES string of the molecule is COCCN(CCC1CNCCO1)C(C)COC. The van der Waals surface area contributed by atoms with Crippen LogP contribution < -0.4 is 5.32 Å². The van der Waals surface area contributed by atoms with Crippen LogP contribution in [0.5, 0.6) is 0 Å². The van der Waals surface area contributed by atoms with Gasteiger partial charge >= 0.3 is 0 Å². The maximum absolute atomic E-state index is 5.72. The highest BCUT2D eigenvalue weighted by Crippen LogP contribution is 2.07. The molecule has 108 valence electrons. The van der Waals surface area contributed by atoms with Crippen LogP contribution in [0.15, 0.2) is 0 Å². The molecule has 1 rings (SSSR count). The Bertz CT molecular complexity index is 199. The summed E-state index contributed by atoms with van der Waals surface area (Å²) in [4.78, 5) is 2.41. The summed E-state index contributed by atoms with van der Waals surface area (Å²) in [6.45, 7) is 8.46. The molecule has 0 saturated carbocycles. The minimum atomic E-state index is 0.346. The molecular formula is C13H28N2O3. The van der Waals surface area contributed by atoms with Gasteiger partial charge in [0, 0.05) is 46.4 Å². The molecule has 2 unspecified atom stereocenters. The molecule has 0 radical (unpaired) electrons. The van der Waals surface area contributed by atoms with Gasteiger partial charge in [-0.05, 0) is 13.3 Å². The predicted octanol–water partition coefficient (Wildman–Crippen LogP) is 0.348. The summed E-state index contributed by atoms with van der Waals surface area (Å²) in [5.74, 6) is 0. The van der Waals surface area contributed by atoms with Crippen LogP contribution in [0.1, 0.15) is 13.3 Å². The lowest BCUT2D eigenvalue weighted by Crippen LogP contribution is -2.43. The van der Waals surface area contributed by atoms with E-state index in [1.54, 1.807) is 14.2 Å². The van der Waals surface area contributed by atoms with Crippen molar-refractivity contribution in [3.8, 4) is 0 Å². The van der Waals surface area contributed by atoms with E-state index in [1.807, 2.05) is 0 Å². The van der Waals surface area contributed by atoms with Gasteiger partial charge in [0.25, 0.3) is 0 Å². The van der Waals surface area contributed by atoms with Crippen LogP contribution in [0.3, 0.4) is 0 Å². The van der Waals surface area contributed by atoms with Crippen molar-refractivity contribution in [2.24, 2.45) is 0 Å². The average Bonchev–Trinajstić information content (AvgIpc) is 2.40. The quantitative estimate of drug-likeness (QED) is 0.648. The molecule has 5 heteroatoms. The summed E-state index contributed by atoms with van der Waals surface area (Å²) in [6.07, 6.45) is 1.41. The fourth-order valence-corrected chi connectivity index (χ4v) is 2.22. The molecule has 1 N–H and O–H groups in total. The van der Waals surface area contributed by atoms with Crippen molar-refractivity contribution in [2.45, 2.75) is 25.5 Å². The third-order valence-electron chi connectivity index (χ3n) is 3.36. The van der Waals surface area contributed by atoms with Gasteiger partial charge in [0.1, 0.15) is 0 Å². The monoisotopic (exact) mass is 260 g/mol. The van der Waals surface area contributed by atoms with Crippen molar-refractivity contribution in [1.29, 1.82) is 0 Å². The normalized spacial score (nSPS) is 22.3. The Morgan fingerprint density at radius 1 is 1.33 bits per heavy atom. The van der Waals surface area contributed by atoms with Gasteiger partial charge in [-0.15, -0.1) is 0 Å².